The number of piperazine rings is 1. The maximum absolute atomic E-state index is 13.1. The fraction of sp³-hybridized carbons (Fsp3) is 0.455. The molecular weight excluding hydrogens is 412 g/mol. The van der Waals surface area contributed by atoms with Crippen LogP contribution >= 0.6 is 0 Å². The summed E-state index contributed by atoms with van der Waals surface area (Å²) in [5.74, 6) is -0.0429. The number of methoxy groups -OCH3 is 1. The highest BCUT2D eigenvalue weighted by Crippen LogP contribution is 2.34. The van der Waals surface area contributed by atoms with E-state index in [1.165, 1.54) is 7.11 Å². The van der Waals surface area contributed by atoms with Gasteiger partial charge in [0.15, 0.2) is 0 Å². The first-order valence-corrected chi connectivity index (χ1v) is 10.5. The highest BCUT2D eigenvalue weighted by Gasteiger charge is 2.39. The molecule has 10 heteroatoms. The first-order chi connectivity index (χ1) is 15.2. The molecule has 2 heterocycles. The van der Waals surface area contributed by atoms with E-state index < -0.39 is 12.1 Å². The van der Waals surface area contributed by atoms with Gasteiger partial charge in [0.25, 0.3) is 5.91 Å². The summed E-state index contributed by atoms with van der Waals surface area (Å²) >= 11 is 0. The van der Waals surface area contributed by atoms with Crippen LogP contribution in [0, 0.1) is 17.2 Å². The minimum absolute atomic E-state index is 0.0404. The van der Waals surface area contributed by atoms with Gasteiger partial charge in [-0.25, -0.2) is 10.2 Å². The van der Waals surface area contributed by atoms with Gasteiger partial charge in [-0.3, -0.25) is 19.9 Å². The summed E-state index contributed by atoms with van der Waals surface area (Å²) in [6.07, 6.45) is 1.53. The number of fused-ring (bicyclic) bond motifs is 1. The van der Waals surface area contributed by atoms with Gasteiger partial charge in [0.1, 0.15) is 5.70 Å². The molecule has 0 radical (unpaired) electrons. The van der Waals surface area contributed by atoms with E-state index >= 15 is 0 Å². The number of amides is 3. The summed E-state index contributed by atoms with van der Waals surface area (Å²) in [4.78, 5) is 38.5. The van der Waals surface area contributed by atoms with E-state index in [-0.39, 0.29) is 30.4 Å². The monoisotopic (exact) mass is 440 g/mol. The van der Waals surface area contributed by atoms with Gasteiger partial charge in [-0.1, -0.05) is 19.9 Å². The van der Waals surface area contributed by atoms with Crippen molar-refractivity contribution in [2.45, 2.75) is 39.3 Å². The van der Waals surface area contributed by atoms with Crippen molar-refractivity contribution >= 4 is 23.6 Å². The van der Waals surface area contributed by atoms with Crippen molar-refractivity contribution < 1.29 is 19.1 Å². The Morgan fingerprint density at radius 1 is 1.38 bits per heavy atom. The minimum Gasteiger partial charge on any atom is -0.453 e. The Kier molecular flexibility index (Phi) is 7.00. The normalized spacial score (nSPS) is 19.9. The van der Waals surface area contributed by atoms with Gasteiger partial charge < -0.3 is 15.0 Å². The lowest BCUT2D eigenvalue weighted by Gasteiger charge is -2.39. The Morgan fingerprint density at radius 3 is 2.78 bits per heavy atom. The molecule has 2 aliphatic rings. The van der Waals surface area contributed by atoms with Crippen molar-refractivity contribution in [1.82, 2.24) is 20.7 Å². The van der Waals surface area contributed by atoms with Gasteiger partial charge in [0, 0.05) is 13.0 Å². The van der Waals surface area contributed by atoms with E-state index in [1.54, 1.807) is 34.2 Å². The molecule has 0 aromatic heterocycles. The van der Waals surface area contributed by atoms with E-state index in [4.69, 9.17) is 0 Å². The van der Waals surface area contributed by atoms with Crippen LogP contribution in [0.2, 0.25) is 0 Å². The summed E-state index contributed by atoms with van der Waals surface area (Å²) in [5.41, 5.74) is 5.27. The molecule has 0 spiro atoms. The number of rotatable bonds is 6. The van der Waals surface area contributed by atoms with E-state index in [2.05, 4.69) is 20.8 Å². The molecule has 2 atom stereocenters. The lowest BCUT2D eigenvalue weighted by molar-refractivity contribution is -0.135. The quantitative estimate of drug-likeness (QED) is 0.616. The van der Waals surface area contributed by atoms with E-state index in [9.17, 15) is 19.6 Å². The molecule has 32 heavy (non-hydrogen) atoms. The number of nitrogens with zero attached hydrogens (tertiary/aromatic N) is 3. The van der Waals surface area contributed by atoms with E-state index in [1.807, 2.05) is 26.8 Å². The van der Waals surface area contributed by atoms with Crippen molar-refractivity contribution in [3.63, 3.8) is 0 Å². The number of hydrogen-bond donors (Lipinski definition) is 3. The van der Waals surface area contributed by atoms with Gasteiger partial charge in [0.05, 0.1) is 43.2 Å². The minimum atomic E-state index is -0.655. The molecule has 0 bridgehead atoms. The van der Waals surface area contributed by atoms with Crippen LogP contribution in [0.4, 0.5) is 10.5 Å². The molecule has 3 N–H and O–H groups in total. The van der Waals surface area contributed by atoms with Crippen molar-refractivity contribution in [2.75, 3.05) is 25.6 Å². The van der Waals surface area contributed by atoms with Crippen LogP contribution in [0.1, 0.15) is 44.4 Å². The molecule has 3 amide bonds. The first-order valence-electron chi connectivity index (χ1n) is 10.5. The second-order valence-electron chi connectivity index (χ2n) is 8.29. The predicted octanol–water partition coefficient (Wildman–Crippen LogP) is 1.83. The van der Waals surface area contributed by atoms with Crippen LogP contribution in [-0.2, 0) is 14.3 Å². The zero-order valence-corrected chi connectivity index (χ0v) is 18.6. The number of nitriles is 1. The average molecular weight is 441 g/mol. The lowest BCUT2D eigenvalue weighted by Crippen LogP contribution is -2.57. The molecule has 3 rings (SSSR count). The van der Waals surface area contributed by atoms with E-state index in [0.29, 0.717) is 35.5 Å². The molecule has 1 aromatic rings. The van der Waals surface area contributed by atoms with Gasteiger partial charge in [-0.15, -0.1) is 0 Å². The molecule has 1 fully saturated rings. The number of hydrazine groups is 1. The first kappa shape index (κ1) is 23.1. The molecule has 10 nitrogen and oxygen atoms in total. The third-order valence-electron chi connectivity index (χ3n) is 5.29. The number of anilines is 1. The molecule has 1 aromatic carbocycles. The third kappa shape index (κ3) is 5.00. The molecule has 0 aliphatic carbocycles. The van der Waals surface area contributed by atoms with Crippen molar-refractivity contribution in [2.24, 2.45) is 5.92 Å². The average Bonchev–Trinajstić information content (AvgIpc) is 3.20. The van der Waals surface area contributed by atoms with Crippen LogP contribution in [0.3, 0.4) is 0 Å². The Labute approximate surface area is 187 Å². The highest BCUT2D eigenvalue weighted by atomic mass is 16.5. The fourth-order valence-electron chi connectivity index (χ4n) is 3.77. The van der Waals surface area contributed by atoms with Crippen molar-refractivity contribution in [1.29, 1.82) is 5.26 Å². The van der Waals surface area contributed by atoms with Crippen LogP contribution in [-0.4, -0.2) is 54.2 Å². The number of carbonyl (C=O) groups excluding carboxylic acids is 3. The number of ether oxygens (including phenoxy) is 1. The lowest BCUT2D eigenvalue weighted by atomic mass is 10.0. The summed E-state index contributed by atoms with van der Waals surface area (Å²) in [7, 11) is 1.26. The number of carbonyl (C=O) groups is 3. The highest BCUT2D eigenvalue weighted by molar-refractivity contribution is 5.95. The molecular formula is C22H28N6O4. The van der Waals surface area contributed by atoms with Crippen LogP contribution in [0.5, 0.6) is 0 Å². The standard InChI is InChI=1S/C22H28N6O4/c1-13(2)7-20(29)24-12-27-11-14(3)28-19(21(27)30)9-18(26-28)16-6-5-15(10-23)8-17(16)25-22(31)32-4/h5-6,8-9,13-14,18,26H,7,11-12H2,1-4H3,(H,24,29)(H,25,31). The Hall–Kier alpha value is -3.58. The van der Waals surface area contributed by atoms with Gasteiger partial charge in [-0.2, -0.15) is 5.26 Å². The largest absolute Gasteiger partial charge is 0.453 e. The molecule has 170 valence electrons. The third-order valence-corrected chi connectivity index (χ3v) is 5.29. The SMILES string of the molecule is COC(=O)Nc1cc(C#N)ccc1C1C=C2C(=O)N(CNC(=O)CC(C)C)CC(C)N2N1. The summed E-state index contributed by atoms with van der Waals surface area (Å²) in [6, 6.07) is 6.55. The summed E-state index contributed by atoms with van der Waals surface area (Å²) < 4.78 is 4.68. The van der Waals surface area contributed by atoms with Crippen LogP contribution < -0.4 is 16.1 Å². The van der Waals surface area contributed by atoms with Gasteiger partial charge in [0.2, 0.25) is 5.91 Å². The van der Waals surface area contributed by atoms with Crippen molar-refractivity contribution in [3.8, 4) is 6.07 Å². The maximum atomic E-state index is 13.1. The zero-order valence-electron chi connectivity index (χ0n) is 18.6. The molecule has 0 saturated carbocycles. The van der Waals surface area contributed by atoms with E-state index in [0.717, 1.165) is 0 Å². The van der Waals surface area contributed by atoms with Crippen molar-refractivity contribution in [3.05, 3.63) is 41.1 Å². The van der Waals surface area contributed by atoms with Crippen LogP contribution in [0.15, 0.2) is 30.0 Å². The van der Waals surface area contributed by atoms with Gasteiger partial charge in [-0.05, 0) is 36.6 Å². The smallest absolute Gasteiger partial charge is 0.411 e. The summed E-state index contributed by atoms with van der Waals surface area (Å²) in [5, 5.41) is 16.5. The maximum Gasteiger partial charge on any atom is 0.411 e. The second-order valence-corrected chi connectivity index (χ2v) is 8.29. The Bertz CT molecular complexity index is 983. The zero-order chi connectivity index (χ0) is 23.4. The number of benzene rings is 1. The predicted molar refractivity (Wildman–Crippen MR) is 117 cm³/mol. The molecule has 2 aliphatic heterocycles. The Balaban J connectivity index is 1.81. The van der Waals surface area contributed by atoms with Crippen LogP contribution in [0.25, 0.3) is 0 Å². The second kappa shape index (κ2) is 9.70. The molecule has 1 saturated heterocycles. The van der Waals surface area contributed by atoms with Gasteiger partial charge >= 0.3 is 6.09 Å². The number of nitrogens with one attached hydrogen (secondary N) is 3. The number of hydrogen-bond acceptors (Lipinski definition) is 7. The Morgan fingerprint density at radius 2 is 2.12 bits per heavy atom. The fourth-order valence-corrected chi connectivity index (χ4v) is 3.77. The summed E-state index contributed by atoms with van der Waals surface area (Å²) in [6.45, 7) is 6.50. The molecule has 2 unspecified atom stereocenters. The topological polar surface area (TPSA) is 127 Å².